The van der Waals surface area contributed by atoms with Crippen molar-refractivity contribution in [1.29, 1.82) is 0 Å². The van der Waals surface area contributed by atoms with Gasteiger partial charge in [0, 0.05) is 51.4 Å². The van der Waals surface area contributed by atoms with Crippen molar-refractivity contribution in [2.75, 3.05) is 39.8 Å². The lowest BCUT2D eigenvalue weighted by Gasteiger charge is -2.36. The largest absolute Gasteiger partial charge is 0.490 e. The highest BCUT2D eigenvalue weighted by atomic mass is 16.5. The summed E-state index contributed by atoms with van der Waals surface area (Å²) in [4.78, 5) is 20.9. The number of carbonyl (C=O) groups excluding carboxylic acids is 1. The SMILES string of the molecule is CN=C(NCc1ccccc1OC1CCC1)N1CCN(CC(=O)NC(C)C)CC1. The van der Waals surface area contributed by atoms with E-state index < -0.39 is 0 Å². The van der Waals surface area contributed by atoms with E-state index in [1.165, 1.54) is 6.42 Å². The van der Waals surface area contributed by atoms with E-state index in [0.29, 0.717) is 19.2 Å². The van der Waals surface area contributed by atoms with E-state index in [1.807, 2.05) is 33.0 Å². The molecule has 0 bridgehead atoms. The zero-order valence-corrected chi connectivity index (χ0v) is 18.0. The summed E-state index contributed by atoms with van der Waals surface area (Å²) in [6.07, 6.45) is 3.95. The van der Waals surface area contributed by atoms with Gasteiger partial charge in [-0.1, -0.05) is 18.2 Å². The van der Waals surface area contributed by atoms with E-state index >= 15 is 0 Å². The highest BCUT2D eigenvalue weighted by Gasteiger charge is 2.22. The molecule has 0 spiro atoms. The van der Waals surface area contributed by atoms with Crippen LogP contribution < -0.4 is 15.4 Å². The van der Waals surface area contributed by atoms with E-state index in [9.17, 15) is 4.79 Å². The number of hydrogen-bond donors (Lipinski definition) is 2. The quantitative estimate of drug-likeness (QED) is 0.539. The fourth-order valence-corrected chi connectivity index (χ4v) is 3.63. The Morgan fingerprint density at radius 3 is 2.55 bits per heavy atom. The fourth-order valence-electron chi connectivity index (χ4n) is 3.63. The Labute approximate surface area is 174 Å². The summed E-state index contributed by atoms with van der Waals surface area (Å²) in [5, 5.41) is 6.44. The summed E-state index contributed by atoms with van der Waals surface area (Å²) >= 11 is 0. The second-order valence-corrected chi connectivity index (χ2v) is 8.16. The van der Waals surface area contributed by atoms with Crippen LogP contribution in [0.15, 0.2) is 29.3 Å². The van der Waals surface area contributed by atoms with Crippen molar-refractivity contribution >= 4 is 11.9 Å². The minimum Gasteiger partial charge on any atom is -0.490 e. The number of guanidine groups is 1. The maximum atomic E-state index is 12.0. The number of rotatable bonds is 7. The van der Waals surface area contributed by atoms with E-state index in [4.69, 9.17) is 4.74 Å². The average Bonchev–Trinajstić information content (AvgIpc) is 2.66. The van der Waals surface area contributed by atoms with Crippen LogP contribution in [0.3, 0.4) is 0 Å². The van der Waals surface area contributed by atoms with Crippen LogP contribution in [-0.4, -0.2) is 73.6 Å². The van der Waals surface area contributed by atoms with E-state index in [2.05, 4.69) is 37.6 Å². The minimum atomic E-state index is 0.0963. The maximum Gasteiger partial charge on any atom is 0.234 e. The predicted octanol–water partition coefficient (Wildman–Crippen LogP) is 1.84. The standard InChI is InChI=1S/C22H35N5O2/c1-17(2)25-21(28)16-26-11-13-27(14-12-26)22(23-3)24-15-18-7-4-5-10-20(18)29-19-8-6-9-19/h4-5,7,10,17,19H,6,8-9,11-16H2,1-3H3,(H,23,24)(H,25,28). The first-order valence-electron chi connectivity index (χ1n) is 10.8. The molecule has 1 saturated heterocycles. The number of carbonyl (C=O) groups is 1. The minimum absolute atomic E-state index is 0.0963. The molecule has 0 aromatic heterocycles. The summed E-state index contributed by atoms with van der Waals surface area (Å²) in [7, 11) is 1.82. The lowest BCUT2D eigenvalue weighted by atomic mass is 9.96. The van der Waals surface area contributed by atoms with Crippen LogP contribution in [0.25, 0.3) is 0 Å². The van der Waals surface area contributed by atoms with E-state index in [0.717, 1.165) is 56.3 Å². The molecule has 1 amide bonds. The topological polar surface area (TPSA) is 69.2 Å². The molecule has 3 rings (SSSR count). The van der Waals surface area contributed by atoms with Gasteiger partial charge in [0.1, 0.15) is 5.75 Å². The summed E-state index contributed by atoms with van der Waals surface area (Å²) in [5.74, 6) is 1.97. The number of benzene rings is 1. The Kier molecular flexibility index (Phi) is 7.75. The Hall–Kier alpha value is -2.28. The van der Waals surface area contributed by atoms with Crippen molar-refractivity contribution < 1.29 is 9.53 Å². The molecule has 2 N–H and O–H groups in total. The summed E-state index contributed by atoms with van der Waals surface area (Å²) in [6.45, 7) is 8.54. The van der Waals surface area contributed by atoms with Crippen LogP contribution in [0.4, 0.5) is 0 Å². The first kappa shape index (κ1) is 21.4. The van der Waals surface area contributed by atoms with Crippen LogP contribution in [-0.2, 0) is 11.3 Å². The first-order chi connectivity index (χ1) is 14.0. The van der Waals surface area contributed by atoms with Gasteiger partial charge in [-0.05, 0) is 39.2 Å². The van der Waals surface area contributed by atoms with Gasteiger partial charge in [0.2, 0.25) is 5.91 Å². The van der Waals surface area contributed by atoms with E-state index in [1.54, 1.807) is 0 Å². The van der Waals surface area contributed by atoms with Gasteiger partial charge in [0.05, 0.1) is 12.6 Å². The van der Waals surface area contributed by atoms with Crippen LogP contribution in [0.1, 0.15) is 38.7 Å². The van der Waals surface area contributed by atoms with Gasteiger partial charge in [-0.2, -0.15) is 0 Å². The van der Waals surface area contributed by atoms with Crippen molar-refractivity contribution in [2.24, 2.45) is 4.99 Å². The number of nitrogens with one attached hydrogen (secondary N) is 2. The Balaban J connectivity index is 1.47. The van der Waals surface area contributed by atoms with Crippen LogP contribution in [0.5, 0.6) is 5.75 Å². The van der Waals surface area contributed by atoms with Crippen LogP contribution in [0, 0.1) is 0 Å². The highest BCUT2D eigenvalue weighted by molar-refractivity contribution is 5.80. The molecule has 7 nitrogen and oxygen atoms in total. The Morgan fingerprint density at radius 2 is 1.93 bits per heavy atom. The molecule has 7 heteroatoms. The third-order valence-corrected chi connectivity index (χ3v) is 5.46. The number of aliphatic imine (C=N–C) groups is 1. The summed E-state index contributed by atoms with van der Waals surface area (Å²) in [6, 6.07) is 8.43. The van der Waals surface area contributed by atoms with Gasteiger partial charge in [-0.25, -0.2) is 0 Å². The molecule has 0 radical (unpaired) electrons. The molecule has 160 valence electrons. The van der Waals surface area contributed by atoms with Gasteiger partial charge in [0.15, 0.2) is 5.96 Å². The third kappa shape index (κ3) is 6.35. The molecule has 2 aliphatic rings. The number of amides is 1. The molecule has 1 aliphatic heterocycles. The summed E-state index contributed by atoms with van der Waals surface area (Å²) in [5.41, 5.74) is 1.16. The number of para-hydroxylation sites is 1. The normalized spacial score (nSPS) is 18.5. The van der Waals surface area contributed by atoms with Crippen molar-refractivity contribution in [1.82, 2.24) is 20.4 Å². The van der Waals surface area contributed by atoms with Crippen LogP contribution >= 0.6 is 0 Å². The fraction of sp³-hybridized carbons (Fsp3) is 0.636. The van der Waals surface area contributed by atoms with Crippen molar-refractivity contribution in [3.05, 3.63) is 29.8 Å². The monoisotopic (exact) mass is 401 g/mol. The van der Waals surface area contributed by atoms with Crippen molar-refractivity contribution in [3.63, 3.8) is 0 Å². The molecule has 1 aromatic rings. The Bertz CT molecular complexity index is 694. The first-order valence-corrected chi connectivity index (χ1v) is 10.8. The number of nitrogens with zero attached hydrogens (tertiary/aromatic N) is 3. The summed E-state index contributed by atoms with van der Waals surface area (Å²) < 4.78 is 6.13. The molecule has 2 fully saturated rings. The van der Waals surface area contributed by atoms with Gasteiger partial charge in [0.25, 0.3) is 0 Å². The molecule has 1 heterocycles. The van der Waals surface area contributed by atoms with Crippen LogP contribution in [0.2, 0.25) is 0 Å². The zero-order valence-electron chi connectivity index (χ0n) is 18.0. The lowest BCUT2D eigenvalue weighted by Crippen LogP contribution is -2.54. The molecule has 1 saturated carbocycles. The molecule has 0 atom stereocenters. The van der Waals surface area contributed by atoms with Gasteiger partial charge >= 0.3 is 0 Å². The smallest absolute Gasteiger partial charge is 0.234 e. The second-order valence-electron chi connectivity index (χ2n) is 8.16. The molecule has 29 heavy (non-hydrogen) atoms. The Morgan fingerprint density at radius 1 is 1.21 bits per heavy atom. The van der Waals surface area contributed by atoms with Gasteiger partial charge in [-0.15, -0.1) is 0 Å². The molecular weight excluding hydrogens is 366 g/mol. The third-order valence-electron chi connectivity index (χ3n) is 5.46. The molecule has 1 aromatic carbocycles. The number of piperazine rings is 1. The van der Waals surface area contributed by atoms with Crippen molar-refractivity contribution in [2.45, 2.75) is 51.8 Å². The van der Waals surface area contributed by atoms with E-state index in [-0.39, 0.29) is 11.9 Å². The molecule has 1 aliphatic carbocycles. The lowest BCUT2D eigenvalue weighted by molar-refractivity contribution is -0.123. The number of ether oxygens (including phenoxy) is 1. The molecule has 0 unspecified atom stereocenters. The van der Waals surface area contributed by atoms with Gasteiger partial charge in [-0.3, -0.25) is 14.7 Å². The maximum absolute atomic E-state index is 12.0. The highest BCUT2D eigenvalue weighted by Crippen LogP contribution is 2.27. The van der Waals surface area contributed by atoms with Crippen molar-refractivity contribution in [3.8, 4) is 5.75 Å². The second kappa shape index (κ2) is 10.5. The average molecular weight is 402 g/mol. The zero-order chi connectivity index (χ0) is 20.6. The number of hydrogen-bond acceptors (Lipinski definition) is 4. The predicted molar refractivity (Wildman–Crippen MR) is 116 cm³/mol. The van der Waals surface area contributed by atoms with Gasteiger partial charge < -0.3 is 20.3 Å². The molecular formula is C22H35N5O2.